The lowest BCUT2D eigenvalue weighted by atomic mass is 9.91. The summed E-state index contributed by atoms with van der Waals surface area (Å²) in [4.78, 5) is 16.6. The van der Waals surface area contributed by atoms with E-state index in [-0.39, 0.29) is 29.0 Å². The van der Waals surface area contributed by atoms with Crippen molar-refractivity contribution in [2.75, 3.05) is 32.0 Å². The maximum absolute atomic E-state index is 12.1. The zero-order valence-electron chi connectivity index (χ0n) is 18.4. The van der Waals surface area contributed by atoms with E-state index >= 15 is 0 Å². The van der Waals surface area contributed by atoms with Crippen LogP contribution in [0.5, 0.6) is 17.2 Å². The van der Waals surface area contributed by atoms with Gasteiger partial charge in [-0.2, -0.15) is 5.26 Å². The van der Waals surface area contributed by atoms with E-state index in [4.69, 9.17) is 25.7 Å². The second kappa shape index (κ2) is 10.1. The molecule has 1 aromatic heterocycles. The molecule has 10 nitrogen and oxygen atoms in total. The van der Waals surface area contributed by atoms with E-state index in [0.717, 1.165) is 25.7 Å². The summed E-state index contributed by atoms with van der Waals surface area (Å²) >= 11 is 0. The van der Waals surface area contributed by atoms with Crippen molar-refractivity contribution < 1.29 is 19.0 Å². The highest BCUT2D eigenvalue weighted by atomic mass is 16.5. The molecule has 1 aromatic carbocycles. The van der Waals surface area contributed by atoms with Crippen LogP contribution in [0, 0.1) is 11.3 Å². The number of primary amides is 1. The van der Waals surface area contributed by atoms with Crippen molar-refractivity contribution in [2.45, 2.75) is 37.8 Å². The number of ether oxygens (including phenoxy) is 3. The normalized spacial score (nSPS) is 17.7. The Kier molecular flexibility index (Phi) is 7.22. The summed E-state index contributed by atoms with van der Waals surface area (Å²) < 4.78 is 16.1. The lowest BCUT2D eigenvalue weighted by Gasteiger charge is -2.30. The molecule has 6 N–H and O–H groups in total. The van der Waals surface area contributed by atoms with Gasteiger partial charge in [0, 0.05) is 29.9 Å². The first-order valence-corrected chi connectivity index (χ1v) is 10.3. The maximum Gasteiger partial charge on any atom is 0.252 e. The number of hydrogen-bond acceptors (Lipinski definition) is 9. The first kappa shape index (κ1) is 23.0. The molecule has 32 heavy (non-hydrogen) atoms. The molecule has 1 saturated carbocycles. The number of carbonyl (C=O) groups excluding carboxylic acids is 1. The van der Waals surface area contributed by atoms with Gasteiger partial charge in [-0.3, -0.25) is 4.79 Å². The van der Waals surface area contributed by atoms with Crippen molar-refractivity contribution in [3.8, 4) is 23.3 Å². The zero-order valence-corrected chi connectivity index (χ0v) is 18.4. The summed E-state index contributed by atoms with van der Waals surface area (Å²) in [5.41, 5.74) is 12.6. The van der Waals surface area contributed by atoms with Gasteiger partial charge in [-0.05, 0) is 18.9 Å². The van der Waals surface area contributed by atoms with Gasteiger partial charge in [0.15, 0.2) is 11.5 Å². The topological polar surface area (TPSA) is 158 Å². The number of methoxy groups -OCH3 is 3. The van der Waals surface area contributed by atoms with Crippen LogP contribution in [0.4, 0.5) is 17.3 Å². The number of nitrogens with two attached hydrogens (primary N) is 2. The first-order valence-electron chi connectivity index (χ1n) is 10.3. The molecule has 0 spiro atoms. The van der Waals surface area contributed by atoms with Gasteiger partial charge in [-0.15, -0.1) is 0 Å². The van der Waals surface area contributed by atoms with Gasteiger partial charge in [-0.1, -0.05) is 12.8 Å². The molecule has 0 saturated heterocycles. The zero-order chi connectivity index (χ0) is 23.3. The SMILES string of the molecule is COc1cc(Nc2nc(N[C@@H]3CCCC[C@@H]3N)c(C#N)cc2C(N)=O)cc(OC)c1OC. The van der Waals surface area contributed by atoms with Gasteiger partial charge in [-0.25, -0.2) is 4.98 Å². The summed E-state index contributed by atoms with van der Waals surface area (Å²) in [7, 11) is 4.52. The summed E-state index contributed by atoms with van der Waals surface area (Å²) in [6, 6.07) is 6.80. The van der Waals surface area contributed by atoms with Crippen LogP contribution < -0.4 is 36.3 Å². The number of anilines is 3. The molecule has 1 amide bonds. The molecular weight excluding hydrogens is 412 g/mol. The molecule has 0 unspecified atom stereocenters. The molecule has 1 heterocycles. The maximum atomic E-state index is 12.1. The number of hydrogen-bond donors (Lipinski definition) is 4. The highest BCUT2D eigenvalue weighted by Gasteiger charge is 2.24. The Hall–Kier alpha value is -3.71. The molecule has 1 aliphatic rings. The lowest BCUT2D eigenvalue weighted by molar-refractivity contribution is 0.100. The minimum absolute atomic E-state index is 0.0168. The van der Waals surface area contributed by atoms with E-state index in [1.165, 1.54) is 27.4 Å². The lowest BCUT2D eigenvalue weighted by Crippen LogP contribution is -2.43. The Morgan fingerprint density at radius 3 is 2.28 bits per heavy atom. The average molecular weight is 441 g/mol. The van der Waals surface area contributed by atoms with Crippen LogP contribution in [0.25, 0.3) is 0 Å². The van der Waals surface area contributed by atoms with Crippen molar-refractivity contribution in [1.29, 1.82) is 5.26 Å². The number of amides is 1. The van der Waals surface area contributed by atoms with Crippen molar-refractivity contribution in [3.63, 3.8) is 0 Å². The van der Waals surface area contributed by atoms with Gasteiger partial charge < -0.3 is 36.3 Å². The molecule has 1 fully saturated rings. The molecule has 0 aliphatic heterocycles. The smallest absolute Gasteiger partial charge is 0.252 e. The van der Waals surface area contributed by atoms with E-state index in [0.29, 0.717) is 28.8 Å². The third kappa shape index (κ3) is 4.78. The van der Waals surface area contributed by atoms with Crippen LogP contribution in [0.15, 0.2) is 18.2 Å². The van der Waals surface area contributed by atoms with E-state index < -0.39 is 5.91 Å². The molecule has 1 aliphatic carbocycles. The quantitative estimate of drug-likeness (QED) is 0.484. The average Bonchev–Trinajstić information content (AvgIpc) is 2.79. The second-order valence-corrected chi connectivity index (χ2v) is 7.49. The predicted octanol–water partition coefficient (Wildman–Crippen LogP) is 2.50. The van der Waals surface area contributed by atoms with Gasteiger partial charge in [0.25, 0.3) is 5.91 Å². The first-order chi connectivity index (χ1) is 15.4. The van der Waals surface area contributed by atoms with E-state index in [2.05, 4.69) is 21.7 Å². The van der Waals surface area contributed by atoms with Crippen molar-refractivity contribution in [3.05, 3.63) is 29.3 Å². The third-order valence-electron chi connectivity index (χ3n) is 5.48. The number of rotatable bonds is 8. The molecule has 2 aromatic rings. The molecule has 2 atom stereocenters. The van der Waals surface area contributed by atoms with E-state index in [1.807, 2.05) is 0 Å². The summed E-state index contributed by atoms with van der Waals surface area (Å²) in [6.45, 7) is 0. The highest BCUT2D eigenvalue weighted by Crippen LogP contribution is 2.41. The fourth-order valence-electron chi connectivity index (χ4n) is 3.80. The minimum Gasteiger partial charge on any atom is -0.493 e. The van der Waals surface area contributed by atoms with Crippen molar-refractivity contribution in [1.82, 2.24) is 4.98 Å². The van der Waals surface area contributed by atoms with Crippen LogP contribution in [-0.4, -0.2) is 44.3 Å². The summed E-state index contributed by atoms with van der Waals surface area (Å²) in [6.07, 6.45) is 3.89. The van der Waals surface area contributed by atoms with Crippen LogP contribution in [0.1, 0.15) is 41.6 Å². The summed E-state index contributed by atoms with van der Waals surface area (Å²) in [5, 5.41) is 16.0. The molecular formula is C22H28N6O4. The van der Waals surface area contributed by atoms with Gasteiger partial charge >= 0.3 is 0 Å². The minimum atomic E-state index is -0.718. The third-order valence-corrected chi connectivity index (χ3v) is 5.48. The monoisotopic (exact) mass is 440 g/mol. The number of aromatic nitrogens is 1. The number of nitrogens with one attached hydrogen (secondary N) is 2. The van der Waals surface area contributed by atoms with Crippen molar-refractivity contribution in [2.24, 2.45) is 11.5 Å². The number of benzene rings is 1. The Morgan fingerprint density at radius 1 is 1.09 bits per heavy atom. The van der Waals surface area contributed by atoms with Crippen LogP contribution in [-0.2, 0) is 0 Å². The number of pyridine rings is 1. The Morgan fingerprint density at radius 2 is 1.75 bits per heavy atom. The van der Waals surface area contributed by atoms with E-state index in [1.54, 1.807) is 12.1 Å². The number of nitrogens with zero attached hydrogens (tertiary/aromatic N) is 2. The summed E-state index contributed by atoms with van der Waals surface area (Å²) in [5.74, 6) is 1.10. The molecule has 0 bridgehead atoms. The molecule has 0 radical (unpaired) electrons. The number of nitriles is 1. The van der Waals surface area contributed by atoms with Crippen molar-refractivity contribution >= 4 is 23.2 Å². The highest BCUT2D eigenvalue weighted by molar-refractivity contribution is 5.99. The Labute approximate surface area is 186 Å². The largest absolute Gasteiger partial charge is 0.493 e. The predicted molar refractivity (Wildman–Crippen MR) is 121 cm³/mol. The molecule has 3 rings (SSSR count). The van der Waals surface area contributed by atoms with Crippen LogP contribution in [0.3, 0.4) is 0 Å². The van der Waals surface area contributed by atoms with Gasteiger partial charge in [0.1, 0.15) is 17.7 Å². The van der Waals surface area contributed by atoms with E-state index in [9.17, 15) is 10.1 Å². The molecule has 10 heteroatoms. The van der Waals surface area contributed by atoms with Gasteiger partial charge in [0.2, 0.25) is 5.75 Å². The fourth-order valence-corrected chi connectivity index (χ4v) is 3.80. The Bertz CT molecular complexity index is 1010. The fraction of sp³-hybridized carbons (Fsp3) is 0.409. The second-order valence-electron chi connectivity index (χ2n) is 7.49. The van der Waals surface area contributed by atoms with Crippen LogP contribution >= 0.6 is 0 Å². The van der Waals surface area contributed by atoms with Crippen LogP contribution in [0.2, 0.25) is 0 Å². The standard InChI is InChI=1S/C22H28N6O4/c1-30-17-9-13(10-18(31-2)19(17)32-3)26-22-14(20(25)29)8-12(11-23)21(28-22)27-16-7-5-4-6-15(16)24/h8-10,15-16H,4-7,24H2,1-3H3,(H2,25,29)(H2,26,27,28)/t15-,16+/m0/s1. The number of carbonyl (C=O) groups is 1. The Balaban J connectivity index is 2.03. The van der Waals surface area contributed by atoms with Gasteiger partial charge in [0.05, 0.1) is 32.5 Å². The molecule has 170 valence electrons.